The van der Waals surface area contributed by atoms with Gasteiger partial charge in [-0.2, -0.15) is 0 Å². The summed E-state index contributed by atoms with van der Waals surface area (Å²) in [5, 5.41) is 10.2. The molecule has 0 aromatic heterocycles. The SMILES string of the molecule is COc1ccc(C(CO)N2CCN(C(c3ccccc3)c3ccccc3)CC2)cc1OC. The zero-order chi connectivity index (χ0) is 22.3. The van der Waals surface area contributed by atoms with Gasteiger partial charge in [0.05, 0.1) is 32.9 Å². The number of aliphatic hydroxyl groups is 1. The third-order valence-electron chi connectivity index (χ3n) is 6.35. The van der Waals surface area contributed by atoms with Crippen molar-refractivity contribution in [1.82, 2.24) is 9.80 Å². The van der Waals surface area contributed by atoms with Crippen LogP contribution in [0, 0.1) is 0 Å². The zero-order valence-corrected chi connectivity index (χ0v) is 18.9. The second kappa shape index (κ2) is 10.6. The van der Waals surface area contributed by atoms with Crippen molar-refractivity contribution in [2.45, 2.75) is 12.1 Å². The number of aliphatic hydroxyl groups excluding tert-OH is 1. The number of hydrogen-bond acceptors (Lipinski definition) is 5. The van der Waals surface area contributed by atoms with Crippen LogP contribution in [-0.2, 0) is 0 Å². The summed E-state index contributed by atoms with van der Waals surface area (Å²) in [7, 11) is 3.28. The van der Waals surface area contributed by atoms with Crippen molar-refractivity contribution < 1.29 is 14.6 Å². The second-order valence-corrected chi connectivity index (χ2v) is 8.11. The maximum atomic E-state index is 10.2. The van der Waals surface area contributed by atoms with Gasteiger partial charge in [-0.1, -0.05) is 66.7 Å². The maximum Gasteiger partial charge on any atom is 0.161 e. The summed E-state index contributed by atoms with van der Waals surface area (Å²) in [5.41, 5.74) is 3.66. The van der Waals surface area contributed by atoms with Crippen molar-refractivity contribution in [1.29, 1.82) is 0 Å². The van der Waals surface area contributed by atoms with Gasteiger partial charge >= 0.3 is 0 Å². The van der Waals surface area contributed by atoms with Crippen molar-refractivity contribution in [3.05, 3.63) is 95.6 Å². The van der Waals surface area contributed by atoms with E-state index in [-0.39, 0.29) is 18.7 Å². The molecule has 1 saturated heterocycles. The Morgan fingerprint density at radius 1 is 0.688 bits per heavy atom. The fourth-order valence-corrected chi connectivity index (χ4v) is 4.68. The first-order chi connectivity index (χ1) is 15.7. The Labute approximate surface area is 190 Å². The van der Waals surface area contributed by atoms with Crippen molar-refractivity contribution in [3.63, 3.8) is 0 Å². The molecular formula is C27H32N2O3. The van der Waals surface area contributed by atoms with Crippen LogP contribution in [0.3, 0.4) is 0 Å². The maximum absolute atomic E-state index is 10.2. The Balaban J connectivity index is 1.52. The standard InChI is InChI=1S/C27H32N2O3/c1-31-25-14-13-23(19-26(25)32-2)24(20-30)28-15-17-29(18-16-28)27(21-9-5-3-6-10-21)22-11-7-4-8-12-22/h3-14,19,24,27,30H,15-18,20H2,1-2H3. The van der Waals surface area contributed by atoms with Gasteiger partial charge in [0.15, 0.2) is 11.5 Å². The van der Waals surface area contributed by atoms with E-state index in [1.165, 1.54) is 11.1 Å². The summed E-state index contributed by atoms with van der Waals surface area (Å²) in [5.74, 6) is 1.39. The third-order valence-corrected chi connectivity index (χ3v) is 6.35. The molecule has 5 heteroatoms. The molecule has 4 rings (SSSR count). The molecule has 1 aliphatic rings. The molecule has 3 aromatic carbocycles. The number of methoxy groups -OCH3 is 2. The van der Waals surface area contributed by atoms with E-state index >= 15 is 0 Å². The van der Waals surface area contributed by atoms with Crippen LogP contribution >= 0.6 is 0 Å². The Morgan fingerprint density at radius 3 is 1.72 bits per heavy atom. The molecule has 0 spiro atoms. The van der Waals surface area contributed by atoms with E-state index in [1.807, 2.05) is 18.2 Å². The van der Waals surface area contributed by atoms with E-state index in [4.69, 9.17) is 9.47 Å². The van der Waals surface area contributed by atoms with E-state index in [1.54, 1.807) is 14.2 Å². The Morgan fingerprint density at radius 2 is 1.22 bits per heavy atom. The Kier molecular flexibility index (Phi) is 7.43. The fourth-order valence-electron chi connectivity index (χ4n) is 4.68. The van der Waals surface area contributed by atoms with Crippen molar-refractivity contribution in [2.75, 3.05) is 47.0 Å². The average Bonchev–Trinajstić information content (AvgIpc) is 2.87. The van der Waals surface area contributed by atoms with Gasteiger partial charge < -0.3 is 14.6 Å². The highest BCUT2D eigenvalue weighted by Gasteiger charge is 2.30. The second-order valence-electron chi connectivity index (χ2n) is 8.11. The van der Waals surface area contributed by atoms with Crippen LogP contribution in [0.2, 0.25) is 0 Å². The summed E-state index contributed by atoms with van der Waals surface area (Å²) in [4.78, 5) is 4.91. The molecular weight excluding hydrogens is 400 g/mol. The molecule has 168 valence electrons. The van der Waals surface area contributed by atoms with Gasteiger partial charge in [0.2, 0.25) is 0 Å². The number of benzene rings is 3. The fraction of sp³-hybridized carbons (Fsp3) is 0.333. The van der Waals surface area contributed by atoms with Crippen LogP contribution < -0.4 is 9.47 Å². The minimum absolute atomic E-state index is 0.0658. The van der Waals surface area contributed by atoms with Gasteiger partial charge in [-0.15, -0.1) is 0 Å². The monoisotopic (exact) mass is 432 g/mol. The summed E-state index contributed by atoms with van der Waals surface area (Å²) in [6, 6.07) is 27.5. The summed E-state index contributed by atoms with van der Waals surface area (Å²) in [6.45, 7) is 3.69. The van der Waals surface area contributed by atoms with E-state index < -0.39 is 0 Å². The van der Waals surface area contributed by atoms with E-state index in [2.05, 4.69) is 70.5 Å². The third kappa shape index (κ3) is 4.80. The number of hydrogen-bond donors (Lipinski definition) is 1. The van der Waals surface area contributed by atoms with E-state index in [9.17, 15) is 5.11 Å². The zero-order valence-electron chi connectivity index (χ0n) is 18.9. The lowest BCUT2D eigenvalue weighted by molar-refractivity contribution is 0.0531. The lowest BCUT2D eigenvalue weighted by Crippen LogP contribution is -2.49. The molecule has 1 aliphatic heterocycles. The van der Waals surface area contributed by atoms with E-state index in [0.717, 1.165) is 31.7 Å². The predicted octanol–water partition coefficient (Wildman–Crippen LogP) is 4.14. The van der Waals surface area contributed by atoms with Crippen LogP contribution in [0.25, 0.3) is 0 Å². The van der Waals surface area contributed by atoms with Crippen LogP contribution in [0.5, 0.6) is 11.5 Å². The molecule has 1 N–H and O–H groups in total. The largest absolute Gasteiger partial charge is 0.493 e. The van der Waals surface area contributed by atoms with Crippen LogP contribution in [0.1, 0.15) is 28.8 Å². The molecule has 0 saturated carbocycles. The topological polar surface area (TPSA) is 45.2 Å². The van der Waals surface area contributed by atoms with Gasteiger partial charge in [-0.05, 0) is 28.8 Å². The Hall–Kier alpha value is -2.86. The van der Waals surface area contributed by atoms with Crippen molar-refractivity contribution in [2.24, 2.45) is 0 Å². The smallest absolute Gasteiger partial charge is 0.161 e. The molecule has 1 unspecified atom stereocenters. The predicted molar refractivity (Wildman–Crippen MR) is 127 cm³/mol. The van der Waals surface area contributed by atoms with Crippen molar-refractivity contribution in [3.8, 4) is 11.5 Å². The van der Waals surface area contributed by atoms with Gasteiger partial charge in [0, 0.05) is 26.2 Å². The highest BCUT2D eigenvalue weighted by molar-refractivity contribution is 5.44. The lowest BCUT2D eigenvalue weighted by atomic mass is 9.96. The van der Waals surface area contributed by atoms with Gasteiger partial charge in [-0.25, -0.2) is 0 Å². The molecule has 32 heavy (non-hydrogen) atoms. The molecule has 1 atom stereocenters. The minimum atomic E-state index is -0.0659. The lowest BCUT2D eigenvalue weighted by Gasteiger charge is -2.42. The van der Waals surface area contributed by atoms with Crippen LogP contribution in [0.4, 0.5) is 0 Å². The normalized spacial score (nSPS) is 16.1. The van der Waals surface area contributed by atoms with E-state index in [0.29, 0.717) is 11.5 Å². The quantitative estimate of drug-likeness (QED) is 0.580. The first-order valence-corrected chi connectivity index (χ1v) is 11.2. The highest BCUT2D eigenvalue weighted by atomic mass is 16.5. The van der Waals surface area contributed by atoms with Crippen LogP contribution in [-0.4, -0.2) is 61.9 Å². The first kappa shape index (κ1) is 22.3. The minimum Gasteiger partial charge on any atom is -0.493 e. The average molecular weight is 433 g/mol. The number of piperazine rings is 1. The molecule has 1 heterocycles. The Bertz CT molecular complexity index is 933. The molecule has 0 radical (unpaired) electrons. The molecule has 1 fully saturated rings. The molecule has 0 amide bonds. The molecule has 0 bridgehead atoms. The molecule has 0 aliphatic carbocycles. The van der Waals surface area contributed by atoms with Gasteiger partial charge in [0.25, 0.3) is 0 Å². The van der Waals surface area contributed by atoms with Gasteiger partial charge in [-0.3, -0.25) is 9.80 Å². The molecule has 5 nitrogen and oxygen atoms in total. The number of ether oxygens (including phenoxy) is 2. The van der Waals surface area contributed by atoms with Gasteiger partial charge in [0.1, 0.15) is 0 Å². The number of nitrogens with zero attached hydrogens (tertiary/aromatic N) is 2. The highest BCUT2D eigenvalue weighted by Crippen LogP contribution is 2.34. The van der Waals surface area contributed by atoms with Crippen LogP contribution in [0.15, 0.2) is 78.9 Å². The summed E-state index contributed by atoms with van der Waals surface area (Å²) >= 11 is 0. The summed E-state index contributed by atoms with van der Waals surface area (Å²) in [6.07, 6.45) is 0. The summed E-state index contributed by atoms with van der Waals surface area (Å²) < 4.78 is 10.8. The molecule has 3 aromatic rings. The van der Waals surface area contributed by atoms with Crippen molar-refractivity contribution >= 4 is 0 Å². The number of rotatable bonds is 8. The first-order valence-electron chi connectivity index (χ1n) is 11.2.